The summed E-state index contributed by atoms with van der Waals surface area (Å²) >= 11 is 0. The fraction of sp³-hybridized carbons (Fsp3) is 1.00. The second-order valence-electron chi connectivity index (χ2n) is 5.56. The molecule has 100 valence electrons. The monoisotopic (exact) mass is 241 g/mol. The highest BCUT2D eigenvalue weighted by atomic mass is 16.5. The van der Waals surface area contributed by atoms with Crippen molar-refractivity contribution in [2.24, 2.45) is 5.73 Å². The number of ether oxygens (including phenoxy) is 1. The van der Waals surface area contributed by atoms with Crippen LogP contribution in [-0.4, -0.2) is 67.8 Å². The summed E-state index contributed by atoms with van der Waals surface area (Å²) in [7, 11) is 2.20. The summed E-state index contributed by atoms with van der Waals surface area (Å²) < 4.78 is 6.00. The van der Waals surface area contributed by atoms with Gasteiger partial charge in [-0.2, -0.15) is 0 Å². The van der Waals surface area contributed by atoms with Crippen molar-refractivity contribution in [1.82, 2.24) is 9.80 Å². The molecule has 2 heterocycles. The Kier molecular flexibility index (Phi) is 4.79. The van der Waals surface area contributed by atoms with E-state index in [2.05, 4.69) is 23.8 Å². The van der Waals surface area contributed by atoms with Crippen molar-refractivity contribution in [2.75, 3.05) is 39.8 Å². The van der Waals surface area contributed by atoms with Gasteiger partial charge < -0.3 is 15.4 Å². The first-order valence-corrected chi connectivity index (χ1v) is 6.99. The summed E-state index contributed by atoms with van der Waals surface area (Å²) in [5, 5.41) is 0. The third-order valence-corrected chi connectivity index (χ3v) is 4.16. The predicted octanol–water partition coefficient (Wildman–Crippen LogP) is 0.519. The Morgan fingerprint density at radius 3 is 2.71 bits per heavy atom. The van der Waals surface area contributed by atoms with Gasteiger partial charge in [0.2, 0.25) is 0 Å². The molecule has 4 nitrogen and oxygen atoms in total. The van der Waals surface area contributed by atoms with E-state index in [0.29, 0.717) is 18.2 Å². The van der Waals surface area contributed by atoms with Crippen molar-refractivity contribution in [3.63, 3.8) is 0 Å². The number of hydrogen-bond donors (Lipinski definition) is 1. The van der Waals surface area contributed by atoms with E-state index in [1.165, 1.54) is 32.4 Å². The van der Waals surface area contributed by atoms with Crippen LogP contribution in [0.3, 0.4) is 0 Å². The van der Waals surface area contributed by atoms with Crippen molar-refractivity contribution in [3.05, 3.63) is 0 Å². The summed E-state index contributed by atoms with van der Waals surface area (Å²) in [6.07, 6.45) is 4.39. The smallest absolute Gasteiger partial charge is 0.0747 e. The van der Waals surface area contributed by atoms with Crippen LogP contribution in [0.4, 0.5) is 0 Å². The van der Waals surface area contributed by atoms with Gasteiger partial charge in [0.1, 0.15) is 0 Å². The SMILES string of the molecule is CC1CCC(C(CN)N2CCCN(C)CC2)O1. The lowest BCUT2D eigenvalue weighted by Gasteiger charge is -2.33. The summed E-state index contributed by atoms with van der Waals surface area (Å²) in [5.41, 5.74) is 5.98. The van der Waals surface area contributed by atoms with Crippen LogP contribution < -0.4 is 5.73 Å². The zero-order valence-corrected chi connectivity index (χ0v) is 11.3. The molecule has 2 fully saturated rings. The van der Waals surface area contributed by atoms with Gasteiger partial charge in [-0.1, -0.05) is 0 Å². The van der Waals surface area contributed by atoms with Gasteiger partial charge in [0, 0.05) is 25.7 Å². The molecule has 0 aromatic rings. The predicted molar refractivity (Wildman–Crippen MR) is 70.1 cm³/mol. The molecule has 2 saturated heterocycles. The molecule has 0 radical (unpaired) electrons. The maximum absolute atomic E-state index is 6.00. The fourth-order valence-electron chi connectivity index (χ4n) is 3.05. The van der Waals surface area contributed by atoms with Gasteiger partial charge in [0.15, 0.2) is 0 Å². The molecule has 0 amide bonds. The molecule has 0 aliphatic carbocycles. The average Bonchev–Trinajstić information content (AvgIpc) is 2.61. The second-order valence-corrected chi connectivity index (χ2v) is 5.56. The Hall–Kier alpha value is -0.160. The molecule has 3 unspecified atom stereocenters. The molecule has 3 atom stereocenters. The van der Waals surface area contributed by atoms with E-state index in [1.807, 2.05) is 0 Å². The van der Waals surface area contributed by atoms with Crippen LogP contribution in [0, 0.1) is 0 Å². The summed E-state index contributed by atoms with van der Waals surface area (Å²) in [5.74, 6) is 0. The molecule has 2 aliphatic rings. The van der Waals surface area contributed by atoms with Gasteiger partial charge in [0.05, 0.1) is 12.2 Å². The molecule has 2 aliphatic heterocycles. The fourth-order valence-corrected chi connectivity index (χ4v) is 3.05. The molecule has 17 heavy (non-hydrogen) atoms. The van der Waals surface area contributed by atoms with Crippen molar-refractivity contribution in [1.29, 1.82) is 0 Å². The minimum atomic E-state index is 0.360. The van der Waals surface area contributed by atoms with E-state index in [9.17, 15) is 0 Å². The van der Waals surface area contributed by atoms with Gasteiger partial charge in [0.25, 0.3) is 0 Å². The van der Waals surface area contributed by atoms with Crippen LogP contribution >= 0.6 is 0 Å². The van der Waals surface area contributed by atoms with Crippen LogP contribution in [0.1, 0.15) is 26.2 Å². The van der Waals surface area contributed by atoms with E-state index < -0.39 is 0 Å². The van der Waals surface area contributed by atoms with E-state index in [-0.39, 0.29) is 0 Å². The van der Waals surface area contributed by atoms with E-state index in [0.717, 1.165) is 19.6 Å². The summed E-state index contributed by atoms with van der Waals surface area (Å²) in [6.45, 7) is 7.55. The van der Waals surface area contributed by atoms with Gasteiger partial charge in [-0.25, -0.2) is 0 Å². The molecule has 4 heteroatoms. The average molecular weight is 241 g/mol. The Morgan fingerprint density at radius 2 is 2.06 bits per heavy atom. The number of nitrogens with zero attached hydrogens (tertiary/aromatic N) is 2. The lowest BCUT2D eigenvalue weighted by molar-refractivity contribution is -0.00312. The number of hydrogen-bond acceptors (Lipinski definition) is 4. The van der Waals surface area contributed by atoms with E-state index in [1.54, 1.807) is 0 Å². The third kappa shape index (κ3) is 3.41. The van der Waals surface area contributed by atoms with Crippen molar-refractivity contribution >= 4 is 0 Å². The van der Waals surface area contributed by atoms with Crippen LogP contribution in [0.5, 0.6) is 0 Å². The zero-order valence-electron chi connectivity index (χ0n) is 11.3. The van der Waals surface area contributed by atoms with Crippen LogP contribution in [0.25, 0.3) is 0 Å². The largest absolute Gasteiger partial charge is 0.374 e. The lowest BCUT2D eigenvalue weighted by atomic mass is 10.1. The normalized spacial score (nSPS) is 34.8. The van der Waals surface area contributed by atoms with Crippen molar-refractivity contribution in [3.8, 4) is 0 Å². The first kappa shape index (κ1) is 13.3. The molecule has 0 bridgehead atoms. The van der Waals surface area contributed by atoms with Crippen LogP contribution in [0.2, 0.25) is 0 Å². The zero-order chi connectivity index (χ0) is 12.3. The van der Waals surface area contributed by atoms with Crippen LogP contribution in [0.15, 0.2) is 0 Å². The topological polar surface area (TPSA) is 41.7 Å². The second kappa shape index (κ2) is 6.14. The maximum Gasteiger partial charge on any atom is 0.0747 e. The number of likely N-dealkylation sites (N-methyl/N-ethyl adjacent to an activating group) is 1. The highest BCUT2D eigenvalue weighted by molar-refractivity contribution is 4.87. The Morgan fingerprint density at radius 1 is 1.24 bits per heavy atom. The number of nitrogens with two attached hydrogens (primary N) is 1. The third-order valence-electron chi connectivity index (χ3n) is 4.16. The molecule has 0 aromatic heterocycles. The van der Waals surface area contributed by atoms with Gasteiger partial charge in [-0.05, 0) is 46.3 Å². The first-order chi connectivity index (χ1) is 8.20. The van der Waals surface area contributed by atoms with E-state index in [4.69, 9.17) is 10.5 Å². The maximum atomic E-state index is 6.00. The standard InChI is InChI=1S/C13H27N3O/c1-11-4-5-13(17-11)12(10-14)16-7-3-6-15(2)8-9-16/h11-13H,3-10,14H2,1-2H3. The minimum Gasteiger partial charge on any atom is -0.374 e. The lowest BCUT2D eigenvalue weighted by Crippen LogP contribution is -2.49. The molecule has 0 saturated carbocycles. The van der Waals surface area contributed by atoms with Crippen LogP contribution in [-0.2, 0) is 4.74 Å². The Labute approximate surface area is 105 Å². The van der Waals surface area contributed by atoms with Gasteiger partial charge in [-0.3, -0.25) is 4.90 Å². The molecule has 2 N–H and O–H groups in total. The van der Waals surface area contributed by atoms with Crippen molar-refractivity contribution < 1.29 is 4.74 Å². The summed E-state index contributed by atoms with van der Waals surface area (Å²) in [6, 6.07) is 0.423. The highest BCUT2D eigenvalue weighted by Crippen LogP contribution is 2.24. The van der Waals surface area contributed by atoms with Gasteiger partial charge >= 0.3 is 0 Å². The molecular formula is C13H27N3O. The Balaban J connectivity index is 1.92. The molecule has 2 rings (SSSR count). The van der Waals surface area contributed by atoms with Crippen molar-refractivity contribution in [2.45, 2.75) is 44.4 Å². The Bertz CT molecular complexity index is 237. The molecule has 0 spiro atoms. The molecule has 0 aromatic carbocycles. The highest BCUT2D eigenvalue weighted by Gasteiger charge is 2.32. The quantitative estimate of drug-likeness (QED) is 0.782. The first-order valence-electron chi connectivity index (χ1n) is 6.99. The number of rotatable bonds is 3. The molecular weight excluding hydrogens is 214 g/mol. The van der Waals surface area contributed by atoms with Gasteiger partial charge in [-0.15, -0.1) is 0 Å². The minimum absolute atomic E-state index is 0.360. The van der Waals surface area contributed by atoms with E-state index >= 15 is 0 Å². The summed E-state index contributed by atoms with van der Waals surface area (Å²) in [4.78, 5) is 4.96.